The maximum Gasteiger partial charge on any atom is 0.191 e. The molecule has 1 aromatic carbocycles. The molecule has 0 aliphatic heterocycles. The highest BCUT2D eigenvalue weighted by atomic mass is 16.5. The number of hydrogen-bond acceptors (Lipinski definition) is 3. The van der Waals surface area contributed by atoms with Crippen molar-refractivity contribution in [2.24, 2.45) is 10.9 Å². The van der Waals surface area contributed by atoms with Crippen LogP contribution in [0.5, 0.6) is 5.75 Å². The van der Waals surface area contributed by atoms with Crippen LogP contribution in [-0.4, -0.2) is 36.4 Å². The topological polar surface area (TPSA) is 63.5 Å². The molecule has 1 heterocycles. The van der Waals surface area contributed by atoms with Crippen molar-refractivity contribution in [1.29, 1.82) is 0 Å². The van der Waals surface area contributed by atoms with Gasteiger partial charge in [0, 0.05) is 37.9 Å². The molecule has 0 fully saturated rings. The number of benzene rings is 1. The Balaban J connectivity index is 1.82. The second-order valence-electron chi connectivity index (χ2n) is 6.33. The van der Waals surface area contributed by atoms with Gasteiger partial charge in [-0.3, -0.25) is 9.67 Å². The molecule has 0 aliphatic carbocycles. The van der Waals surface area contributed by atoms with Crippen LogP contribution in [-0.2, 0) is 13.1 Å². The van der Waals surface area contributed by atoms with Crippen LogP contribution in [0.1, 0.15) is 23.9 Å². The molecule has 1 atom stereocenters. The lowest BCUT2D eigenvalue weighted by molar-refractivity contribution is 0.409. The first-order valence-electron chi connectivity index (χ1n) is 8.61. The average molecular weight is 343 g/mol. The molecule has 0 aliphatic rings. The summed E-state index contributed by atoms with van der Waals surface area (Å²) in [7, 11) is 3.47. The van der Waals surface area contributed by atoms with Gasteiger partial charge >= 0.3 is 0 Å². The third kappa shape index (κ3) is 5.52. The van der Waals surface area contributed by atoms with Crippen molar-refractivity contribution in [2.75, 3.05) is 20.7 Å². The van der Waals surface area contributed by atoms with E-state index in [4.69, 9.17) is 4.74 Å². The molecule has 0 saturated carbocycles. The Kier molecular flexibility index (Phi) is 6.86. The number of aliphatic imine (C=N–C) groups is 1. The van der Waals surface area contributed by atoms with Gasteiger partial charge < -0.3 is 15.4 Å². The van der Waals surface area contributed by atoms with Crippen LogP contribution in [0.2, 0.25) is 0 Å². The molecule has 25 heavy (non-hydrogen) atoms. The number of methoxy groups -OCH3 is 1. The second kappa shape index (κ2) is 9.11. The van der Waals surface area contributed by atoms with Gasteiger partial charge in [0.05, 0.1) is 12.8 Å². The van der Waals surface area contributed by atoms with E-state index in [0.29, 0.717) is 12.5 Å². The largest absolute Gasteiger partial charge is 0.496 e. The van der Waals surface area contributed by atoms with Gasteiger partial charge in [-0.25, -0.2) is 0 Å². The van der Waals surface area contributed by atoms with Crippen molar-refractivity contribution < 1.29 is 4.74 Å². The summed E-state index contributed by atoms with van der Waals surface area (Å²) in [6, 6.07) is 10.1. The molecule has 2 rings (SSSR count). The Morgan fingerprint density at radius 1 is 1.28 bits per heavy atom. The number of guanidine groups is 1. The minimum atomic E-state index is 0.433. The van der Waals surface area contributed by atoms with Crippen LogP contribution >= 0.6 is 0 Å². The Hall–Kier alpha value is -2.50. The highest BCUT2D eigenvalue weighted by Crippen LogP contribution is 2.16. The summed E-state index contributed by atoms with van der Waals surface area (Å²) in [6.45, 7) is 8.69. The normalized spacial score (nSPS) is 12.8. The molecule has 1 unspecified atom stereocenters. The molecule has 0 radical (unpaired) electrons. The van der Waals surface area contributed by atoms with E-state index in [1.807, 2.05) is 31.2 Å². The van der Waals surface area contributed by atoms with Crippen LogP contribution < -0.4 is 15.4 Å². The van der Waals surface area contributed by atoms with Crippen molar-refractivity contribution in [2.45, 2.75) is 33.9 Å². The number of ether oxygens (including phenoxy) is 1. The van der Waals surface area contributed by atoms with Crippen molar-refractivity contribution in [1.82, 2.24) is 20.4 Å². The predicted molar refractivity (Wildman–Crippen MR) is 102 cm³/mol. The van der Waals surface area contributed by atoms with Crippen molar-refractivity contribution >= 4 is 5.96 Å². The Morgan fingerprint density at radius 3 is 2.68 bits per heavy atom. The summed E-state index contributed by atoms with van der Waals surface area (Å²) >= 11 is 0. The smallest absolute Gasteiger partial charge is 0.191 e. The molecular weight excluding hydrogens is 314 g/mol. The maximum atomic E-state index is 5.38. The number of aryl methyl sites for hydroxylation is 2. The molecule has 2 aromatic rings. The van der Waals surface area contributed by atoms with E-state index < -0.39 is 0 Å². The average Bonchev–Trinajstić information content (AvgIpc) is 2.92. The zero-order valence-electron chi connectivity index (χ0n) is 15.8. The number of nitrogens with one attached hydrogen (secondary N) is 2. The number of para-hydroxylation sites is 1. The van der Waals surface area contributed by atoms with Crippen LogP contribution in [0.15, 0.2) is 35.3 Å². The highest BCUT2D eigenvalue weighted by Gasteiger charge is 2.09. The standard InChI is InChI=1S/C19H29N5O/c1-14(13-24-16(3)10-15(2)23-24)11-21-19(20-4)22-12-17-8-6-7-9-18(17)25-5/h6-10,14H,11-13H2,1-5H3,(H2,20,21,22). The molecule has 136 valence electrons. The monoisotopic (exact) mass is 343 g/mol. The van der Waals surface area contributed by atoms with Crippen LogP contribution in [0.4, 0.5) is 0 Å². The molecule has 2 N–H and O–H groups in total. The van der Waals surface area contributed by atoms with Crippen LogP contribution in [0, 0.1) is 19.8 Å². The number of nitrogens with zero attached hydrogens (tertiary/aromatic N) is 3. The van der Waals surface area contributed by atoms with Gasteiger partial charge in [0.15, 0.2) is 5.96 Å². The van der Waals surface area contributed by atoms with E-state index in [1.165, 1.54) is 5.69 Å². The zero-order chi connectivity index (χ0) is 18.2. The van der Waals surface area contributed by atoms with E-state index >= 15 is 0 Å². The van der Waals surface area contributed by atoms with Crippen molar-refractivity contribution in [3.05, 3.63) is 47.3 Å². The molecule has 0 bridgehead atoms. The highest BCUT2D eigenvalue weighted by molar-refractivity contribution is 5.79. The van der Waals surface area contributed by atoms with Crippen molar-refractivity contribution in [3.63, 3.8) is 0 Å². The summed E-state index contributed by atoms with van der Waals surface area (Å²) in [5.74, 6) is 2.09. The van der Waals surface area contributed by atoms with Crippen LogP contribution in [0.25, 0.3) is 0 Å². The minimum Gasteiger partial charge on any atom is -0.496 e. The first-order valence-corrected chi connectivity index (χ1v) is 8.61. The van der Waals surface area contributed by atoms with E-state index in [9.17, 15) is 0 Å². The van der Waals surface area contributed by atoms with Crippen LogP contribution in [0.3, 0.4) is 0 Å². The Labute approximate surface area is 150 Å². The van der Waals surface area contributed by atoms with Gasteiger partial charge in [-0.05, 0) is 31.9 Å². The molecule has 0 saturated heterocycles. The molecule has 1 aromatic heterocycles. The molecule has 6 heteroatoms. The van der Waals surface area contributed by atoms with E-state index in [0.717, 1.165) is 36.1 Å². The third-order valence-corrected chi connectivity index (χ3v) is 4.07. The lowest BCUT2D eigenvalue weighted by atomic mass is 10.2. The lowest BCUT2D eigenvalue weighted by Gasteiger charge is -2.17. The maximum absolute atomic E-state index is 5.38. The lowest BCUT2D eigenvalue weighted by Crippen LogP contribution is -2.39. The third-order valence-electron chi connectivity index (χ3n) is 4.07. The molecule has 6 nitrogen and oxygen atoms in total. The minimum absolute atomic E-state index is 0.433. The number of hydrogen-bond donors (Lipinski definition) is 2. The first kappa shape index (κ1) is 18.8. The first-order chi connectivity index (χ1) is 12.0. The summed E-state index contributed by atoms with van der Waals surface area (Å²) in [5.41, 5.74) is 3.36. The SMILES string of the molecule is CN=C(NCc1ccccc1OC)NCC(C)Cn1nc(C)cc1C. The predicted octanol–water partition coefficient (Wildman–Crippen LogP) is 2.51. The summed E-state index contributed by atoms with van der Waals surface area (Å²) in [6.07, 6.45) is 0. The summed E-state index contributed by atoms with van der Waals surface area (Å²) in [5, 5.41) is 11.2. The fourth-order valence-corrected chi connectivity index (χ4v) is 2.74. The van der Waals surface area contributed by atoms with E-state index in [1.54, 1.807) is 14.2 Å². The van der Waals surface area contributed by atoms with Gasteiger partial charge in [-0.2, -0.15) is 5.10 Å². The van der Waals surface area contributed by atoms with E-state index in [-0.39, 0.29) is 0 Å². The Bertz CT molecular complexity index is 708. The van der Waals surface area contributed by atoms with Gasteiger partial charge in [0.25, 0.3) is 0 Å². The molecular formula is C19H29N5O. The summed E-state index contributed by atoms with van der Waals surface area (Å²) in [4.78, 5) is 4.29. The number of aromatic nitrogens is 2. The fraction of sp³-hybridized carbons (Fsp3) is 0.474. The molecule has 0 amide bonds. The van der Waals surface area contributed by atoms with Crippen molar-refractivity contribution in [3.8, 4) is 5.75 Å². The fourth-order valence-electron chi connectivity index (χ4n) is 2.74. The van der Waals surface area contributed by atoms with Gasteiger partial charge in [-0.1, -0.05) is 25.1 Å². The van der Waals surface area contributed by atoms with Gasteiger partial charge in [-0.15, -0.1) is 0 Å². The quantitative estimate of drug-likeness (QED) is 0.599. The second-order valence-corrected chi connectivity index (χ2v) is 6.33. The van der Waals surface area contributed by atoms with Gasteiger partial charge in [0.1, 0.15) is 5.75 Å². The Morgan fingerprint density at radius 2 is 2.04 bits per heavy atom. The number of rotatable bonds is 7. The zero-order valence-corrected chi connectivity index (χ0v) is 15.8. The molecule has 0 spiro atoms. The van der Waals surface area contributed by atoms with Gasteiger partial charge in [0.2, 0.25) is 0 Å². The summed E-state index contributed by atoms with van der Waals surface area (Å²) < 4.78 is 7.44. The van der Waals surface area contributed by atoms with E-state index in [2.05, 4.69) is 45.3 Å².